The van der Waals surface area contributed by atoms with Crippen LogP contribution in [0.25, 0.3) is 0 Å². The van der Waals surface area contributed by atoms with E-state index in [0.29, 0.717) is 16.8 Å². The largest absolute Gasteiger partial charge is 0.443 e. The molecule has 0 aliphatic heterocycles. The molecule has 3 N–H and O–H groups in total. The van der Waals surface area contributed by atoms with Crippen LogP contribution in [0.1, 0.15) is 52.7 Å². The van der Waals surface area contributed by atoms with Gasteiger partial charge in [-0.25, -0.2) is 24.2 Å². The first-order valence-electron chi connectivity index (χ1n) is 11.3. The molecule has 0 bridgehead atoms. The number of benzene rings is 2. The number of nitrogens with one attached hydrogen (secondary N) is 1. The number of amides is 4. The molecule has 0 saturated heterocycles. The van der Waals surface area contributed by atoms with E-state index in [1.165, 1.54) is 0 Å². The van der Waals surface area contributed by atoms with Crippen LogP contribution in [-0.4, -0.2) is 46.3 Å². The Kier molecular flexibility index (Phi) is 8.73. The van der Waals surface area contributed by atoms with Gasteiger partial charge in [0, 0.05) is 18.4 Å². The fourth-order valence-corrected chi connectivity index (χ4v) is 2.97. The second kappa shape index (κ2) is 11.1. The van der Waals surface area contributed by atoms with Crippen LogP contribution in [0.15, 0.2) is 48.5 Å². The third-order valence-corrected chi connectivity index (χ3v) is 4.59. The van der Waals surface area contributed by atoms with Gasteiger partial charge in [0.15, 0.2) is 0 Å². The van der Waals surface area contributed by atoms with E-state index in [9.17, 15) is 14.4 Å². The van der Waals surface area contributed by atoms with Gasteiger partial charge in [-0.2, -0.15) is 0 Å². The van der Waals surface area contributed by atoms with Crippen LogP contribution in [-0.2, 0) is 22.6 Å². The molecule has 0 heterocycles. The monoisotopic (exact) mass is 484 g/mol. The van der Waals surface area contributed by atoms with E-state index < -0.39 is 29.4 Å². The summed E-state index contributed by atoms with van der Waals surface area (Å²) in [7, 11) is 1.79. The first-order valence-corrected chi connectivity index (χ1v) is 11.3. The lowest BCUT2D eigenvalue weighted by Gasteiger charge is -2.31. The molecular weight excluding hydrogens is 448 g/mol. The van der Waals surface area contributed by atoms with Crippen molar-refractivity contribution in [3.63, 3.8) is 0 Å². The van der Waals surface area contributed by atoms with E-state index in [4.69, 9.17) is 15.2 Å². The minimum absolute atomic E-state index is 0.0984. The van der Waals surface area contributed by atoms with E-state index in [0.717, 1.165) is 15.5 Å². The molecule has 0 radical (unpaired) electrons. The normalized spacial score (nSPS) is 11.4. The Hall–Kier alpha value is -3.75. The summed E-state index contributed by atoms with van der Waals surface area (Å²) in [5.74, 6) is 0. The molecule has 0 unspecified atom stereocenters. The number of urea groups is 1. The summed E-state index contributed by atoms with van der Waals surface area (Å²) in [4.78, 5) is 41.7. The van der Waals surface area contributed by atoms with Crippen LogP contribution in [0.3, 0.4) is 0 Å². The highest BCUT2D eigenvalue weighted by molar-refractivity contribution is 5.98. The zero-order valence-electron chi connectivity index (χ0n) is 21.5. The molecule has 9 nitrogen and oxygen atoms in total. The van der Waals surface area contributed by atoms with Gasteiger partial charge in [0.05, 0.1) is 13.1 Å². The van der Waals surface area contributed by atoms with E-state index in [1.807, 2.05) is 12.1 Å². The van der Waals surface area contributed by atoms with Crippen molar-refractivity contribution in [3.8, 4) is 0 Å². The number of nitrogens with two attached hydrogens (primary N) is 1. The number of nitrogens with zero attached hydrogens (tertiary/aromatic N) is 2. The van der Waals surface area contributed by atoms with Crippen molar-refractivity contribution in [2.24, 2.45) is 0 Å². The Labute approximate surface area is 207 Å². The van der Waals surface area contributed by atoms with Crippen LogP contribution in [0, 0.1) is 0 Å². The lowest BCUT2D eigenvalue weighted by molar-refractivity contribution is 0.0165. The summed E-state index contributed by atoms with van der Waals surface area (Å²) in [5, 5.41) is 3.02. The molecule has 2 aromatic carbocycles. The molecular formula is C26H36N4O5. The molecule has 4 amide bonds. The van der Waals surface area contributed by atoms with Crippen molar-refractivity contribution >= 4 is 29.6 Å². The molecule has 9 heteroatoms. The van der Waals surface area contributed by atoms with Gasteiger partial charge in [0.1, 0.15) is 11.2 Å². The fourth-order valence-electron chi connectivity index (χ4n) is 2.97. The van der Waals surface area contributed by atoms with Crippen molar-refractivity contribution in [1.82, 2.24) is 9.80 Å². The predicted molar refractivity (Wildman–Crippen MR) is 136 cm³/mol. The summed E-state index contributed by atoms with van der Waals surface area (Å²) in [6.07, 6.45) is -1.75. The summed E-state index contributed by atoms with van der Waals surface area (Å²) in [5.41, 5.74) is 6.81. The van der Waals surface area contributed by atoms with Crippen LogP contribution in [0.2, 0.25) is 0 Å². The Balaban J connectivity index is 2.44. The Morgan fingerprint density at radius 1 is 0.743 bits per heavy atom. The van der Waals surface area contributed by atoms with E-state index in [-0.39, 0.29) is 13.1 Å². The molecule has 190 valence electrons. The quantitative estimate of drug-likeness (QED) is 0.531. The fraction of sp³-hybridized carbons (Fsp3) is 0.423. The number of nitrogen functional groups attached to an aromatic ring is 1. The van der Waals surface area contributed by atoms with Crippen molar-refractivity contribution in [2.45, 2.75) is 65.8 Å². The van der Waals surface area contributed by atoms with Gasteiger partial charge in [-0.1, -0.05) is 24.3 Å². The zero-order chi connectivity index (χ0) is 26.4. The van der Waals surface area contributed by atoms with E-state index in [2.05, 4.69) is 5.32 Å². The van der Waals surface area contributed by atoms with Gasteiger partial charge >= 0.3 is 18.2 Å². The Morgan fingerprint density at radius 3 is 1.46 bits per heavy atom. The third-order valence-electron chi connectivity index (χ3n) is 4.59. The molecule has 0 fully saturated rings. The summed E-state index contributed by atoms with van der Waals surface area (Å²) in [6, 6.07) is 13.1. The van der Waals surface area contributed by atoms with Crippen molar-refractivity contribution in [1.29, 1.82) is 0 Å². The number of hydrogen-bond donors (Lipinski definition) is 2. The number of anilines is 2. The average Bonchev–Trinajstić information content (AvgIpc) is 2.74. The highest BCUT2D eigenvalue weighted by Gasteiger charge is 2.36. The van der Waals surface area contributed by atoms with Gasteiger partial charge < -0.3 is 20.5 Å². The zero-order valence-corrected chi connectivity index (χ0v) is 21.5. The maximum atomic E-state index is 13.7. The van der Waals surface area contributed by atoms with Gasteiger partial charge in [-0.3, -0.25) is 0 Å². The third kappa shape index (κ3) is 8.84. The van der Waals surface area contributed by atoms with Gasteiger partial charge in [0.25, 0.3) is 0 Å². The van der Waals surface area contributed by atoms with Crippen LogP contribution < -0.4 is 11.1 Å². The molecule has 0 aliphatic carbocycles. The van der Waals surface area contributed by atoms with Crippen LogP contribution >= 0.6 is 0 Å². The maximum absolute atomic E-state index is 13.7. The van der Waals surface area contributed by atoms with Crippen molar-refractivity contribution in [3.05, 3.63) is 59.7 Å². The number of carbonyl (C=O) groups excluding carboxylic acids is 3. The smallest absolute Gasteiger partial charge is 0.418 e. The highest BCUT2D eigenvalue weighted by atomic mass is 16.6. The number of hydrogen-bond acceptors (Lipinski definition) is 7. The second-order valence-electron chi connectivity index (χ2n) is 10.1. The van der Waals surface area contributed by atoms with Gasteiger partial charge in [0.2, 0.25) is 0 Å². The number of imide groups is 2. The average molecular weight is 485 g/mol. The standard InChI is InChI=1S/C26H36N4O5/c1-25(2,3)34-23(32)29(16-18-8-12-20(27)13-9-18)22(31)30(24(33)35-26(4,5)6)17-19-10-14-21(28-7)15-11-19/h8-15,28H,16-17,27H2,1-7H3. The van der Waals surface area contributed by atoms with Crippen molar-refractivity contribution in [2.75, 3.05) is 18.1 Å². The minimum Gasteiger partial charge on any atom is -0.443 e. The van der Waals surface area contributed by atoms with Crippen LogP contribution in [0.4, 0.5) is 25.8 Å². The number of ether oxygens (including phenoxy) is 2. The molecule has 0 aliphatic rings. The topological polar surface area (TPSA) is 114 Å². The number of rotatable bonds is 5. The molecule has 0 saturated carbocycles. The molecule has 0 spiro atoms. The predicted octanol–water partition coefficient (Wildman–Crippen LogP) is 5.60. The van der Waals surface area contributed by atoms with Gasteiger partial charge in [-0.15, -0.1) is 0 Å². The molecule has 2 rings (SSSR count). The van der Waals surface area contributed by atoms with Crippen LogP contribution in [0.5, 0.6) is 0 Å². The lowest BCUT2D eigenvalue weighted by atomic mass is 10.2. The minimum atomic E-state index is -0.876. The first kappa shape index (κ1) is 27.5. The SMILES string of the molecule is CNc1ccc(CN(C(=O)OC(C)(C)C)C(=O)N(Cc2ccc(N)cc2)C(=O)OC(C)(C)C)cc1. The Morgan fingerprint density at radius 2 is 1.11 bits per heavy atom. The molecule has 0 atom stereocenters. The first-order chi connectivity index (χ1) is 16.2. The summed E-state index contributed by atoms with van der Waals surface area (Å²) in [6.45, 7) is 9.99. The summed E-state index contributed by atoms with van der Waals surface area (Å²) >= 11 is 0. The van der Waals surface area contributed by atoms with E-state index >= 15 is 0 Å². The van der Waals surface area contributed by atoms with Crippen molar-refractivity contribution < 1.29 is 23.9 Å². The second-order valence-corrected chi connectivity index (χ2v) is 10.1. The summed E-state index contributed by atoms with van der Waals surface area (Å²) < 4.78 is 11.0. The molecule has 0 aromatic heterocycles. The molecule has 35 heavy (non-hydrogen) atoms. The Bertz CT molecular complexity index is 1020. The highest BCUT2D eigenvalue weighted by Crippen LogP contribution is 2.20. The number of carbonyl (C=O) groups is 3. The molecule has 2 aromatic rings. The maximum Gasteiger partial charge on any atom is 0.418 e. The van der Waals surface area contributed by atoms with Gasteiger partial charge in [-0.05, 0) is 76.9 Å². The lowest BCUT2D eigenvalue weighted by Crippen LogP contribution is -2.50. The van der Waals surface area contributed by atoms with E-state index in [1.54, 1.807) is 85.0 Å².